The first-order chi connectivity index (χ1) is 10.3. The Morgan fingerprint density at radius 2 is 1.52 bits per heavy atom. The molecular formula is C23H46. The monoisotopic (exact) mass is 322 g/mol. The Bertz CT molecular complexity index is 387. The van der Waals surface area contributed by atoms with Crippen LogP contribution in [0.1, 0.15) is 108 Å². The summed E-state index contributed by atoms with van der Waals surface area (Å²) >= 11 is 0. The minimum absolute atomic E-state index is 0.396. The van der Waals surface area contributed by atoms with Crippen molar-refractivity contribution < 1.29 is 0 Å². The second-order valence-corrected chi connectivity index (χ2v) is 11.0. The molecule has 1 fully saturated rings. The summed E-state index contributed by atoms with van der Waals surface area (Å²) in [5.74, 6) is 2.43. The third-order valence-corrected chi connectivity index (χ3v) is 8.74. The topological polar surface area (TPSA) is 0 Å². The number of hydrogen-bond acceptors (Lipinski definition) is 0. The summed E-state index contributed by atoms with van der Waals surface area (Å²) in [5.41, 5.74) is 1.78. The van der Waals surface area contributed by atoms with Crippen molar-refractivity contribution in [2.24, 2.45) is 39.4 Å². The molecule has 1 saturated carbocycles. The largest absolute Gasteiger partial charge is 0.0651 e. The smallest absolute Gasteiger partial charge is 0.0261 e. The Morgan fingerprint density at radius 3 is 1.96 bits per heavy atom. The van der Waals surface area contributed by atoms with Crippen LogP contribution in [-0.4, -0.2) is 0 Å². The van der Waals surface area contributed by atoms with Crippen LogP contribution in [0, 0.1) is 39.4 Å². The number of hydrogen-bond donors (Lipinski definition) is 0. The molecule has 0 nitrogen and oxygen atoms in total. The van der Waals surface area contributed by atoms with Crippen molar-refractivity contribution in [2.75, 3.05) is 0 Å². The van der Waals surface area contributed by atoms with Gasteiger partial charge in [0.25, 0.3) is 0 Å². The summed E-state index contributed by atoms with van der Waals surface area (Å²) in [7, 11) is 0. The van der Waals surface area contributed by atoms with E-state index in [1.54, 1.807) is 0 Å². The van der Waals surface area contributed by atoms with Gasteiger partial charge in [0.15, 0.2) is 0 Å². The predicted octanol–water partition coefficient (Wildman–Crippen LogP) is 7.96. The average molecular weight is 323 g/mol. The van der Waals surface area contributed by atoms with E-state index in [4.69, 9.17) is 0 Å². The zero-order valence-electron chi connectivity index (χ0n) is 18.3. The van der Waals surface area contributed by atoms with Gasteiger partial charge in [-0.2, -0.15) is 0 Å². The minimum Gasteiger partial charge on any atom is -0.0651 e. The molecule has 0 spiro atoms. The van der Waals surface area contributed by atoms with Crippen LogP contribution in [0.5, 0.6) is 0 Å². The van der Waals surface area contributed by atoms with E-state index >= 15 is 0 Å². The van der Waals surface area contributed by atoms with Crippen LogP contribution in [-0.2, 0) is 0 Å². The summed E-state index contributed by atoms with van der Waals surface area (Å²) in [6.07, 6.45) is 6.82. The summed E-state index contributed by atoms with van der Waals surface area (Å²) in [5, 5.41) is 0. The van der Waals surface area contributed by atoms with Crippen LogP contribution in [0.25, 0.3) is 0 Å². The van der Waals surface area contributed by atoms with Crippen molar-refractivity contribution in [1.29, 1.82) is 0 Å². The summed E-state index contributed by atoms with van der Waals surface area (Å²) in [6.45, 7) is 27.5. The highest BCUT2D eigenvalue weighted by atomic mass is 14.6. The first-order valence-corrected chi connectivity index (χ1v) is 10.3. The first-order valence-electron chi connectivity index (χ1n) is 10.3. The van der Waals surface area contributed by atoms with Crippen LogP contribution < -0.4 is 0 Å². The van der Waals surface area contributed by atoms with E-state index in [9.17, 15) is 0 Å². The minimum atomic E-state index is 0.396. The Labute approximate surface area is 148 Å². The van der Waals surface area contributed by atoms with Crippen LogP contribution in [0.2, 0.25) is 0 Å². The molecule has 0 amide bonds. The fourth-order valence-electron chi connectivity index (χ4n) is 5.91. The maximum Gasteiger partial charge on any atom is -0.0261 e. The number of rotatable bonds is 6. The zero-order valence-corrected chi connectivity index (χ0v) is 18.3. The van der Waals surface area contributed by atoms with Gasteiger partial charge >= 0.3 is 0 Å². The van der Waals surface area contributed by atoms with Gasteiger partial charge in [-0.15, -0.1) is 0 Å². The average Bonchev–Trinajstić information content (AvgIpc) is 2.42. The van der Waals surface area contributed by atoms with Crippen molar-refractivity contribution in [3.05, 3.63) is 0 Å². The van der Waals surface area contributed by atoms with E-state index in [-0.39, 0.29) is 0 Å². The maximum absolute atomic E-state index is 2.57. The van der Waals surface area contributed by atoms with E-state index in [1.807, 2.05) is 0 Å². The van der Waals surface area contributed by atoms with Crippen molar-refractivity contribution in [1.82, 2.24) is 0 Å². The molecule has 0 aromatic heterocycles. The molecule has 1 aliphatic rings. The van der Waals surface area contributed by atoms with Crippen LogP contribution in [0.4, 0.5) is 0 Å². The molecule has 1 rings (SSSR count). The molecule has 0 aliphatic heterocycles. The fourth-order valence-corrected chi connectivity index (χ4v) is 5.91. The zero-order chi connectivity index (χ0) is 18.3. The molecule has 4 atom stereocenters. The van der Waals surface area contributed by atoms with Gasteiger partial charge in [0.1, 0.15) is 0 Å². The van der Waals surface area contributed by atoms with Gasteiger partial charge in [0.05, 0.1) is 0 Å². The molecule has 138 valence electrons. The Balaban J connectivity index is 3.14. The second-order valence-electron chi connectivity index (χ2n) is 11.0. The highest BCUT2D eigenvalue weighted by Gasteiger charge is 2.57. The van der Waals surface area contributed by atoms with E-state index in [1.165, 1.54) is 32.1 Å². The molecule has 0 aromatic carbocycles. The summed E-state index contributed by atoms with van der Waals surface area (Å²) in [4.78, 5) is 0. The van der Waals surface area contributed by atoms with E-state index in [2.05, 4.69) is 76.2 Å². The lowest BCUT2D eigenvalue weighted by Gasteiger charge is -2.63. The molecule has 0 N–H and O–H groups in total. The van der Waals surface area contributed by atoms with E-state index in [0.717, 1.165) is 17.8 Å². The van der Waals surface area contributed by atoms with E-state index < -0.39 is 0 Å². The van der Waals surface area contributed by atoms with Gasteiger partial charge < -0.3 is 0 Å². The van der Waals surface area contributed by atoms with Gasteiger partial charge in [-0.1, -0.05) is 89.0 Å². The molecule has 0 radical (unpaired) electrons. The van der Waals surface area contributed by atoms with Crippen LogP contribution in [0.15, 0.2) is 0 Å². The highest BCUT2D eigenvalue weighted by Crippen LogP contribution is 2.65. The van der Waals surface area contributed by atoms with Crippen LogP contribution >= 0.6 is 0 Å². The highest BCUT2D eigenvalue weighted by molar-refractivity contribution is 5.06. The first kappa shape index (κ1) is 21.0. The van der Waals surface area contributed by atoms with Gasteiger partial charge in [-0.05, 0) is 58.7 Å². The summed E-state index contributed by atoms with van der Waals surface area (Å²) in [6, 6.07) is 0. The van der Waals surface area contributed by atoms with Gasteiger partial charge in [0, 0.05) is 0 Å². The summed E-state index contributed by atoms with van der Waals surface area (Å²) < 4.78 is 0. The lowest BCUT2D eigenvalue weighted by Crippen LogP contribution is -2.55. The standard InChI is InChI=1S/C23H46/c1-12-17(3)14-20(6,7)16-23(13-2)15-18(4)21(8,9)22(10,11)19(23)5/h17-19H,12-16H2,1-11H3. The quantitative estimate of drug-likeness (QED) is 0.465. The Hall–Kier alpha value is 0. The molecule has 23 heavy (non-hydrogen) atoms. The molecule has 0 bridgehead atoms. The predicted molar refractivity (Wildman–Crippen MR) is 106 cm³/mol. The van der Waals surface area contributed by atoms with Gasteiger partial charge in [-0.3, -0.25) is 0 Å². The Morgan fingerprint density at radius 1 is 1.00 bits per heavy atom. The molecule has 4 unspecified atom stereocenters. The molecule has 1 aliphatic carbocycles. The lowest BCUT2D eigenvalue weighted by atomic mass is 9.42. The molecule has 0 heterocycles. The normalized spacial score (nSPS) is 35.1. The molecule has 0 heteroatoms. The third kappa shape index (κ3) is 3.82. The maximum atomic E-state index is 2.57. The van der Waals surface area contributed by atoms with Gasteiger partial charge in [0.2, 0.25) is 0 Å². The fraction of sp³-hybridized carbons (Fsp3) is 1.00. The van der Waals surface area contributed by atoms with Crippen molar-refractivity contribution in [3.8, 4) is 0 Å². The molecule has 0 saturated heterocycles. The van der Waals surface area contributed by atoms with Gasteiger partial charge in [-0.25, -0.2) is 0 Å². The van der Waals surface area contributed by atoms with E-state index in [0.29, 0.717) is 21.7 Å². The van der Waals surface area contributed by atoms with Crippen LogP contribution in [0.3, 0.4) is 0 Å². The second kappa shape index (κ2) is 6.72. The SMILES string of the molecule is CCC(C)CC(C)(C)CC1(CC)CC(C)C(C)(C)C(C)(C)C1C. The third-order valence-electron chi connectivity index (χ3n) is 8.74. The molecule has 0 aromatic rings. The van der Waals surface area contributed by atoms with Crippen molar-refractivity contribution >= 4 is 0 Å². The lowest BCUT2D eigenvalue weighted by molar-refractivity contribution is -0.141. The van der Waals surface area contributed by atoms with Crippen molar-refractivity contribution in [3.63, 3.8) is 0 Å². The molecular weight excluding hydrogens is 276 g/mol. The van der Waals surface area contributed by atoms with Crippen molar-refractivity contribution in [2.45, 2.75) is 108 Å². The Kier molecular flexibility index (Phi) is 6.15.